The van der Waals surface area contributed by atoms with Crippen molar-refractivity contribution in [3.63, 3.8) is 0 Å². The van der Waals surface area contributed by atoms with Crippen LogP contribution in [0.25, 0.3) is 0 Å². The van der Waals surface area contributed by atoms with E-state index in [9.17, 15) is 43.2 Å². The van der Waals surface area contributed by atoms with Crippen molar-refractivity contribution in [3.05, 3.63) is 91.0 Å². The van der Waals surface area contributed by atoms with Crippen molar-refractivity contribution in [1.29, 1.82) is 0 Å². The Hall–Kier alpha value is -2.51. The Morgan fingerprint density at radius 2 is 0.951 bits per heavy atom. The molecule has 226 valence electrons. The van der Waals surface area contributed by atoms with Gasteiger partial charge in [0.1, 0.15) is 0 Å². The molecule has 3 aromatic carbocycles. The van der Waals surface area contributed by atoms with Crippen LogP contribution in [0.2, 0.25) is 0 Å². The summed E-state index contributed by atoms with van der Waals surface area (Å²) in [5.41, 5.74) is -15.6. The maximum absolute atomic E-state index is 14.0. The molecule has 0 heterocycles. The number of nitrogens with one attached hydrogen (secondary N) is 1. The zero-order chi connectivity index (χ0) is 30.7. The molecule has 3 rings (SSSR count). The Bertz CT molecular complexity index is 1380. The summed E-state index contributed by atoms with van der Waals surface area (Å²) in [6, 6.07) is 24.4. The summed E-state index contributed by atoms with van der Waals surface area (Å²) in [6.07, 6.45) is -1.62. The van der Waals surface area contributed by atoms with E-state index >= 15 is 0 Å². The van der Waals surface area contributed by atoms with E-state index in [1.165, 1.54) is 6.92 Å². The molecule has 15 heteroatoms. The van der Waals surface area contributed by atoms with Gasteiger partial charge in [0, 0.05) is 0 Å². The molecule has 0 saturated carbocycles. The molecule has 0 spiro atoms. The first-order chi connectivity index (χ1) is 19.0. The molecule has 1 atom stereocenters. The second-order valence-corrected chi connectivity index (χ2v) is 16.5. The van der Waals surface area contributed by atoms with E-state index < -0.39 is 60.7 Å². The van der Waals surface area contributed by atoms with E-state index in [1.54, 1.807) is 91.0 Å². The zero-order valence-electron chi connectivity index (χ0n) is 21.9. The summed E-state index contributed by atoms with van der Waals surface area (Å²) < 4.78 is 135. The molecule has 0 bridgehead atoms. The minimum atomic E-state index is -7.11. The summed E-state index contributed by atoms with van der Waals surface area (Å²) >= 11 is 0. The van der Waals surface area contributed by atoms with Gasteiger partial charge in [0.05, 0.1) is 0 Å². The van der Waals surface area contributed by atoms with Gasteiger partial charge in [-0.25, -0.2) is 0 Å². The van der Waals surface area contributed by atoms with E-state index in [2.05, 4.69) is 5.09 Å². The summed E-state index contributed by atoms with van der Waals surface area (Å²) in [5, 5.41) is 4.28. The molecule has 0 aliphatic rings. The predicted octanol–water partition coefficient (Wildman–Crippen LogP) is 5.13. The average molecular weight is 643 g/mol. The first-order valence-electron chi connectivity index (χ1n) is 12.4. The van der Waals surface area contributed by atoms with Gasteiger partial charge in [0.15, 0.2) is 0 Å². The number of halogens is 6. The van der Waals surface area contributed by atoms with Crippen LogP contribution in [0.5, 0.6) is 0 Å². The van der Waals surface area contributed by atoms with Crippen molar-refractivity contribution >= 4 is 43.4 Å². The first kappa shape index (κ1) is 33.0. The summed E-state index contributed by atoms with van der Waals surface area (Å²) in [5.74, 6) is 0. The molecule has 0 radical (unpaired) electrons. The molecule has 41 heavy (non-hydrogen) atoms. The van der Waals surface area contributed by atoms with Crippen LogP contribution in [0.15, 0.2) is 91.0 Å². The van der Waals surface area contributed by atoms with E-state index in [4.69, 9.17) is 0 Å². The van der Waals surface area contributed by atoms with E-state index in [-0.39, 0.29) is 6.42 Å². The molecule has 0 aromatic heterocycles. The van der Waals surface area contributed by atoms with Crippen molar-refractivity contribution in [1.82, 2.24) is 8.80 Å². The third-order valence-electron chi connectivity index (χ3n) is 6.66. The second-order valence-electron chi connectivity index (χ2n) is 9.21. The maximum atomic E-state index is 14.0. The molecule has 0 aliphatic carbocycles. The number of hydrogen-bond acceptors (Lipinski definition) is 5. The monoisotopic (exact) mass is 642 g/mol. The number of rotatable bonds is 11. The fourth-order valence-corrected chi connectivity index (χ4v) is 13.1. The Morgan fingerprint density at radius 1 is 0.634 bits per heavy atom. The van der Waals surface area contributed by atoms with Crippen LogP contribution in [-0.4, -0.2) is 37.2 Å². The molecule has 0 saturated heterocycles. The molecule has 0 amide bonds. The Morgan fingerprint density at radius 3 is 1.20 bits per heavy atom. The van der Waals surface area contributed by atoms with Gasteiger partial charge in [-0.3, -0.25) is 0 Å². The Kier molecular flexibility index (Phi) is 9.66. The SMILES string of the molecule is CCCC(CC)(N[PH](c1ccccc1)(c1ccccc1)c1ccccc1)N(S(=O)(=O)C(F)(F)F)S(=O)(=O)C(F)(F)F. The molecule has 0 aliphatic heterocycles. The van der Waals surface area contributed by atoms with Crippen molar-refractivity contribution in [2.24, 2.45) is 0 Å². The quantitative estimate of drug-likeness (QED) is 0.178. The third kappa shape index (κ3) is 6.03. The van der Waals surface area contributed by atoms with Gasteiger partial charge in [0.2, 0.25) is 0 Å². The van der Waals surface area contributed by atoms with Crippen LogP contribution >= 0.6 is 7.41 Å². The number of alkyl halides is 6. The predicted molar refractivity (Wildman–Crippen MR) is 149 cm³/mol. The van der Waals surface area contributed by atoms with Gasteiger partial charge < -0.3 is 0 Å². The van der Waals surface area contributed by atoms with Crippen LogP contribution in [0.3, 0.4) is 0 Å². The molecule has 0 fully saturated rings. The van der Waals surface area contributed by atoms with Gasteiger partial charge in [0.25, 0.3) is 0 Å². The summed E-state index contributed by atoms with van der Waals surface area (Å²) in [6.45, 7) is 2.55. The Balaban J connectivity index is 2.57. The normalized spacial score (nSPS) is 15.4. The van der Waals surface area contributed by atoms with Crippen molar-refractivity contribution in [2.45, 2.75) is 49.8 Å². The number of sulfonamides is 2. The van der Waals surface area contributed by atoms with Gasteiger partial charge in [-0.1, -0.05) is 0 Å². The van der Waals surface area contributed by atoms with Crippen LogP contribution in [0.1, 0.15) is 33.1 Å². The molecular weight excluding hydrogens is 613 g/mol. The minimum absolute atomic E-state index is 0.166. The first-order valence-corrected chi connectivity index (χ1v) is 17.3. The standard InChI is InChI=1S/C26H29F6N2O4PS2/c1-3-20-24(4-2,34(40(35,36)25(27,28)29)41(37,38)26(30,31)32)33-39(21-14-8-5-9-15-21,22-16-10-6-11-17-22)23-18-12-7-13-19-23/h5-19,33,39H,3-4,20H2,1-2H3. The average Bonchev–Trinajstić information content (AvgIpc) is 2.91. The number of benzene rings is 3. The van der Waals surface area contributed by atoms with E-state index in [1.807, 2.05) is 0 Å². The van der Waals surface area contributed by atoms with Crippen molar-refractivity contribution < 1.29 is 43.2 Å². The van der Waals surface area contributed by atoms with Gasteiger partial charge in [-0.05, 0) is 0 Å². The topological polar surface area (TPSA) is 83.6 Å². The van der Waals surface area contributed by atoms with Gasteiger partial charge in [-0.15, -0.1) is 0 Å². The van der Waals surface area contributed by atoms with E-state index in [0.29, 0.717) is 15.9 Å². The molecule has 3 aromatic rings. The molecule has 6 nitrogen and oxygen atoms in total. The van der Waals surface area contributed by atoms with Crippen molar-refractivity contribution in [3.8, 4) is 0 Å². The number of hydrogen-bond donors (Lipinski definition) is 1. The molecular formula is C26H29F6N2O4PS2. The summed E-state index contributed by atoms with van der Waals surface area (Å²) in [4.78, 5) is 0. The fraction of sp³-hybridized carbons (Fsp3) is 0.308. The molecule has 1 N–H and O–H groups in total. The van der Waals surface area contributed by atoms with Crippen molar-refractivity contribution in [2.75, 3.05) is 0 Å². The number of nitrogens with zero attached hydrogens (tertiary/aromatic N) is 1. The third-order valence-corrected chi connectivity index (χ3v) is 15.0. The summed E-state index contributed by atoms with van der Waals surface area (Å²) in [7, 11) is -18.2. The van der Waals surface area contributed by atoms with Crippen LogP contribution in [0.4, 0.5) is 26.3 Å². The van der Waals surface area contributed by atoms with Gasteiger partial charge >= 0.3 is 236 Å². The molecule has 1 unspecified atom stereocenters. The zero-order valence-corrected chi connectivity index (χ0v) is 24.6. The van der Waals surface area contributed by atoms with E-state index in [0.717, 1.165) is 6.92 Å². The fourth-order valence-electron chi connectivity index (χ4n) is 4.91. The van der Waals surface area contributed by atoms with Crippen LogP contribution in [-0.2, 0) is 20.0 Å². The second kappa shape index (κ2) is 12.0. The van der Waals surface area contributed by atoms with Crippen LogP contribution < -0.4 is 21.0 Å². The Labute approximate surface area is 235 Å². The van der Waals surface area contributed by atoms with Gasteiger partial charge in [-0.2, -0.15) is 0 Å². The van der Waals surface area contributed by atoms with Crippen LogP contribution in [0, 0.1) is 0 Å².